The van der Waals surface area contributed by atoms with E-state index < -0.39 is 0 Å². The fraction of sp³-hybridized carbons (Fsp3) is 0.588. The van der Waals surface area contributed by atoms with Gasteiger partial charge in [-0.05, 0) is 50.2 Å². The van der Waals surface area contributed by atoms with E-state index >= 15 is 0 Å². The third-order valence-electron chi connectivity index (χ3n) is 4.00. The van der Waals surface area contributed by atoms with Crippen LogP contribution in [0, 0.1) is 11.3 Å². The topological polar surface area (TPSA) is 48.3 Å². The number of nitriles is 1. The van der Waals surface area contributed by atoms with E-state index in [-0.39, 0.29) is 0 Å². The smallest absolute Gasteiger partial charge is 0.119 e. The van der Waals surface area contributed by atoms with E-state index in [4.69, 9.17) is 10.00 Å². The number of piperidine rings is 1. The molecular weight excluding hydrogens is 262 g/mol. The zero-order valence-corrected chi connectivity index (χ0v) is 12.8. The van der Waals surface area contributed by atoms with Crippen LogP contribution in [-0.2, 0) is 0 Å². The van der Waals surface area contributed by atoms with Crippen molar-refractivity contribution >= 4 is 0 Å². The minimum Gasteiger partial charge on any atom is -0.492 e. The Morgan fingerprint density at radius 2 is 2.14 bits per heavy atom. The summed E-state index contributed by atoms with van der Waals surface area (Å²) < 4.78 is 5.76. The SMILES string of the molecule is CCN(CCOc1ccc(C#N)cc1)CC1CCCCN1. The molecule has 0 spiro atoms. The van der Waals surface area contributed by atoms with Crippen molar-refractivity contribution in [2.45, 2.75) is 32.2 Å². The zero-order valence-electron chi connectivity index (χ0n) is 12.8. The molecule has 4 nitrogen and oxygen atoms in total. The fourth-order valence-electron chi connectivity index (χ4n) is 2.69. The van der Waals surface area contributed by atoms with Gasteiger partial charge in [-0.15, -0.1) is 0 Å². The number of nitrogens with one attached hydrogen (secondary N) is 1. The lowest BCUT2D eigenvalue weighted by Gasteiger charge is -2.29. The van der Waals surface area contributed by atoms with Gasteiger partial charge in [0.2, 0.25) is 0 Å². The Morgan fingerprint density at radius 1 is 1.33 bits per heavy atom. The highest BCUT2D eigenvalue weighted by Crippen LogP contribution is 2.12. The van der Waals surface area contributed by atoms with Crippen molar-refractivity contribution in [3.8, 4) is 11.8 Å². The first-order valence-electron chi connectivity index (χ1n) is 7.90. The molecule has 1 aromatic carbocycles. The first-order valence-corrected chi connectivity index (χ1v) is 7.90. The summed E-state index contributed by atoms with van der Waals surface area (Å²) in [5, 5.41) is 12.4. The summed E-state index contributed by atoms with van der Waals surface area (Å²) >= 11 is 0. The fourth-order valence-corrected chi connectivity index (χ4v) is 2.69. The van der Waals surface area contributed by atoms with E-state index in [0.29, 0.717) is 18.2 Å². The van der Waals surface area contributed by atoms with Crippen LogP contribution in [0.15, 0.2) is 24.3 Å². The first-order chi connectivity index (χ1) is 10.3. The Kier molecular flexibility index (Phi) is 6.52. The van der Waals surface area contributed by atoms with Crippen LogP contribution in [-0.4, -0.2) is 43.7 Å². The maximum absolute atomic E-state index is 8.76. The molecule has 1 aromatic rings. The quantitative estimate of drug-likeness (QED) is 0.836. The highest BCUT2D eigenvalue weighted by molar-refractivity contribution is 5.34. The second kappa shape index (κ2) is 8.66. The summed E-state index contributed by atoms with van der Waals surface area (Å²) in [6, 6.07) is 10.0. The normalized spacial score (nSPS) is 18.4. The second-order valence-corrected chi connectivity index (χ2v) is 5.52. The highest BCUT2D eigenvalue weighted by atomic mass is 16.5. The molecule has 0 aliphatic carbocycles. The molecule has 21 heavy (non-hydrogen) atoms. The summed E-state index contributed by atoms with van der Waals surface area (Å²) in [5.74, 6) is 0.834. The van der Waals surface area contributed by atoms with E-state index in [2.05, 4.69) is 23.2 Å². The predicted octanol–water partition coefficient (Wildman–Crippen LogP) is 2.40. The number of ether oxygens (including phenoxy) is 1. The lowest BCUT2D eigenvalue weighted by molar-refractivity contribution is 0.190. The minimum absolute atomic E-state index is 0.633. The largest absolute Gasteiger partial charge is 0.492 e. The maximum atomic E-state index is 8.76. The van der Waals surface area contributed by atoms with Gasteiger partial charge in [0, 0.05) is 19.1 Å². The van der Waals surface area contributed by atoms with Gasteiger partial charge in [0.15, 0.2) is 0 Å². The van der Waals surface area contributed by atoms with Gasteiger partial charge < -0.3 is 10.1 Å². The van der Waals surface area contributed by atoms with Crippen LogP contribution in [0.2, 0.25) is 0 Å². The average Bonchev–Trinajstić information content (AvgIpc) is 2.55. The highest BCUT2D eigenvalue weighted by Gasteiger charge is 2.15. The molecule has 4 heteroatoms. The summed E-state index contributed by atoms with van der Waals surface area (Å²) in [6.07, 6.45) is 3.94. The van der Waals surface area contributed by atoms with Gasteiger partial charge in [0.25, 0.3) is 0 Å². The molecular formula is C17H25N3O. The summed E-state index contributed by atoms with van der Waals surface area (Å²) in [4.78, 5) is 2.44. The van der Waals surface area contributed by atoms with Crippen molar-refractivity contribution < 1.29 is 4.74 Å². The molecule has 1 fully saturated rings. The molecule has 1 saturated heterocycles. The summed E-state index contributed by atoms with van der Waals surface area (Å²) in [5.41, 5.74) is 0.668. The Morgan fingerprint density at radius 3 is 2.76 bits per heavy atom. The lowest BCUT2D eigenvalue weighted by atomic mass is 10.0. The van der Waals surface area contributed by atoms with Gasteiger partial charge in [-0.2, -0.15) is 5.26 Å². The van der Waals surface area contributed by atoms with Crippen LogP contribution < -0.4 is 10.1 Å². The van der Waals surface area contributed by atoms with Crippen LogP contribution in [0.3, 0.4) is 0 Å². The van der Waals surface area contributed by atoms with E-state index in [0.717, 1.165) is 31.9 Å². The Bertz CT molecular complexity index is 446. The standard InChI is InChI=1S/C17H25N3O/c1-2-20(14-16-5-3-4-10-19-16)11-12-21-17-8-6-15(13-18)7-9-17/h6-9,16,19H,2-5,10-12,14H2,1H3. The second-order valence-electron chi connectivity index (χ2n) is 5.52. The molecule has 0 saturated carbocycles. The number of likely N-dealkylation sites (N-methyl/N-ethyl adjacent to an activating group) is 1. The molecule has 1 atom stereocenters. The minimum atomic E-state index is 0.633. The molecule has 1 N–H and O–H groups in total. The first kappa shape index (κ1) is 15.8. The van der Waals surface area contributed by atoms with Crippen molar-refractivity contribution in [2.24, 2.45) is 0 Å². The van der Waals surface area contributed by atoms with Crippen molar-refractivity contribution in [3.63, 3.8) is 0 Å². The zero-order chi connectivity index (χ0) is 14.9. The Labute approximate surface area is 127 Å². The number of rotatable bonds is 7. The number of hydrogen-bond acceptors (Lipinski definition) is 4. The van der Waals surface area contributed by atoms with E-state index in [9.17, 15) is 0 Å². The number of benzene rings is 1. The van der Waals surface area contributed by atoms with E-state index in [1.807, 2.05) is 12.1 Å². The molecule has 1 aliphatic heterocycles. The van der Waals surface area contributed by atoms with Crippen LogP contribution in [0.5, 0.6) is 5.75 Å². The molecule has 1 aliphatic rings. The Balaban J connectivity index is 1.70. The number of hydrogen-bond donors (Lipinski definition) is 1. The van der Waals surface area contributed by atoms with Crippen molar-refractivity contribution in [1.29, 1.82) is 5.26 Å². The molecule has 1 heterocycles. The molecule has 0 aromatic heterocycles. The van der Waals surface area contributed by atoms with Gasteiger partial charge in [-0.1, -0.05) is 13.3 Å². The monoisotopic (exact) mass is 287 g/mol. The summed E-state index contributed by atoms with van der Waals surface area (Å²) in [7, 11) is 0. The van der Waals surface area contributed by atoms with Gasteiger partial charge >= 0.3 is 0 Å². The molecule has 2 rings (SSSR count). The number of nitrogens with zero attached hydrogens (tertiary/aromatic N) is 2. The van der Waals surface area contributed by atoms with Crippen LogP contribution in [0.1, 0.15) is 31.7 Å². The Hall–Kier alpha value is -1.57. The van der Waals surface area contributed by atoms with E-state index in [1.165, 1.54) is 19.3 Å². The van der Waals surface area contributed by atoms with Gasteiger partial charge in [0.1, 0.15) is 12.4 Å². The third-order valence-corrected chi connectivity index (χ3v) is 4.00. The predicted molar refractivity (Wildman–Crippen MR) is 84.4 cm³/mol. The maximum Gasteiger partial charge on any atom is 0.119 e. The van der Waals surface area contributed by atoms with Crippen LogP contribution in [0.25, 0.3) is 0 Å². The molecule has 114 valence electrons. The van der Waals surface area contributed by atoms with Gasteiger partial charge in [0.05, 0.1) is 11.6 Å². The summed E-state index contributed by atoms with van der Waals surface area (Å²) in [6.45, 7) is 7.14. The molecule has 0 radical (unpaired) electrons. The van der Waals surface area contributed by atoms with Gasteiger partial charge in [-0.3, -0.25) is 4.90 Å². The van der Waals surface area contributed by atoms with Crippen molar-refractivity contribution in [1.82, 2.24) is 10.2 Å². The van der Waals surface area contributed by atoms with Crippen molar-refractivity contribution in [3.05, 3.63) is 29.8 Å². The lowest BCUT2D eigenvalue weighted by Crippen LogP contribution is -2.44. The van der Waals surface area contributed by atoms with Crippen LogP contribution >= 0.6 is 0 Å². The van der Waals surface area contributed by atoms with Crippen molar-refractivity contribution in [2.75, 3.05) is 32.8 Å². The third kappa shape index (κ3) is 5.37. The molecule has 0 bridgehead atoms. The van der Waals surface area contributed by atoms with Gasteiger partial charge in [-0.25, -0.2) is 0 Å². The van der Waals surface area contributed by atoms with Crippen LogP contribution in [0.4, 0.5) is 0 Å². The van der Waals surface area contributed by atoms with E-state index in [1.54, 1.807) is 12.1 Å². The molecule has 0 amide bonds. The average molecular weight is 287 g/mol. The molecule has 1 unspecified atom stereocenters.